The number of hydrogen-bond donors (Lipinski definition) is 1. The lowest BCUT2D eigenvalue weighted by Gasteiger charge is -2.10. The Balaban J connectivity index is 2.32. The predicted octanol–water partition coefficient (Wildman–Crippen LogP) is 2.26. The van der Waals surface area contributed by atoms with E-state index >= 15 is 0 Å². The van der Waals surface area contributed by atoms with Gasteiger partial charge in [0.05, 0.1) is 0 Å². The molecule has 0 amide bonds. The van der Waals surface area contributed by atoms with Gasteiger partial charge in [-0.15, -0.1) is 0 Å². The molecular formula is C11H11BrN2O. The zero-order valence-electron chi connectivity index (χ0n) is 8.26. The maximum absolute atomic E-state index is 10.1. The molecule has 2 rings (SSSR count). The average molecular weight is 267 g/mol. The second-order valence-electron chi connectivity index (χ2n) is 3.35. The first-order chi connectivity index (χ1) is 7.18. The van der Waals surface area contributed by atoms with Gasteiger partial charge in [0.25, 0.3) is 0 Å². The van der Waals surface area contributed by atoms with Crippen molar-refractivity contribution in [2.45, 2.75) is 6.10 Å². The highest BCUT2D eigenvalue weighted by molar-refractivity contribution is 9.10. The molecule has 1 atom stereocenters. The van der Waals surface area contributed by atoms with Gasteiger partial charge in [-0.1, -0.05) is 28.1 Å². The predicted molar refractivity (Wildman–Crippen MR) is 61.4 cm³/mol. The topological polar surface area (TPSA) is 38.0 Å². The van der Waals surface area contributed by atoms with E-state index in [9.17, 15) is 5.11 Å². The number of aliphatic hydroxyl groups excluding tert-OH is 1. The second kappa shape index (κ2) is 4.16. The van der Waals surface area contributed by atoms with Crippen molar-refractivity contribution in [3.8, 4) is 0 Å². The third-order valence-corrected chi connectivity index (χ3v) is 2.82. The van der Waals surface area contributed by atoms with E-state index in [1.54, 1.807) is 6.20 Å². The SMILES string of the molecule is Cn1ccnc1[C@@H](O)c1ccc(Br)cc1. The molecule has 1 N–H and O–H groups in total. The highest BCUT2D eigenvalue weighted by atomic mass is 79.9. The summed E-state index contributed by atoms with van der Waals surface area (Å²) in [5, 5.41) is 10.1. The lowest BCUT2D eigenvalue weighted by Crippen LogP contribution is -2.06. The Morgan fingerprint density at radius 2 is 2.00 bits per heavy atom. The van der Waals surface area contributed by atoms with Crippen molar-refractivity contribution < 1.29 is 5.11 Å². The van der Waals surface area contributed by atoms with E-state index in [4.69, 9.17) is 0 Å². The molecule has 0 saturated carbocycles. The van der Waals surface area contributed by atoms with Crippen LogP contribution < -0.4 is 0 Å². The number of nitrogens with zero attached hydrogens (tertiary/aromatic N) is 2. The molecule has 78 valence electrons. The number of halogens is 1. The largest absolute Gasteiger partial charge is 0.380 e. The Labute approximate surface area is 96.5 Å². The average Bonchev–Trinajstić information content (AvgIpc) is 2.65. The molecule has 0 unspecified atom stereocenters. The van der Waals surface area contributed by atoms with Crippen molar-refractivity contribution >= 4 is 15.9 Å². The van der Waals surface area contributed by atoms with Gasteiger partial charge in [0, 0.05) is 23.9 Å². The maximum Gasteiger partial charge on any atom is 0.142 e. The standard InChI is InChI=1S/C11H11BrN2O/c1-14-7-6-13-11(14)10(15)8-2-4-9(12)5-3-8/h2-7,10,15H,1H3/t10-/m0/s1. The molecule has 0 bridgehead atoms. The van der Waals surface area contributed by atoms with Crippen LogP contribution in [0.15, 0.2) is 41.1 Å². The van der Waals surface area contributed by atoms with E-state index in [1.165, 1.54) is 0 Å². The number of benzene rings is 1. The molecule has 1 aromatic heterocycles. The second-order valence-corrected chi connectivity index (χ2v) is 4.27. The molecule has 1 heterocycles. The lowest BCUT2D eigenvalue weighted by atomic mass is 10.1. The summed E-state index contributed by atoms with van der Waals surface area (Å²) in [6, 6.07) is 7.57. The van der Waals surface area contributed by atoms with Gasteiger partial charge in [0.15, 0.2) is 0 Å². The van der Waals surface area contributed by atoms with Gasteiger partial charge in [-0.05, 0) is 17.7 Å². The molecule has 0 fully saturated rings. The van der Waals surface area contributed by atoms with Gasteiger partial charge in [0.1, 0.15) is 11.9 Å². The first-order valence-electron chi connectivity index (χ1n) is 4.59. The van der Waals surface area contributed by atoms with E-state index in [0.717, 1.165) is 10.0 Å². The number of aliphatic hydroxyl groups is 1. The fourth-order valence-electron chi connectivity index (χ4n) is 1.43. The molecule has 0 aliphatic carbocycles. The van der Waals surface area contributed by atoms with Crippen molar-refractivity contribution in [3.05, 3.63) is 52.5 Å². The molecule has 4 heteroatoms. The molecular weight excluding hydrogens is 256 g/mol. The number of imidazole rings is 1. The van der Waals surface area contributed by atoms with E-state index < -0.39 is 6.10 Å². The minimum absolute atomic E-state index is 0.650. The monoisotopic (exact) mass is 266 g/mol. The molecule has 2 aromatic rings. The van der Waals surface area contributed by atoms with Gasteiger partial charge in [-0.3, -0.25) is 0 Å². The van der Waals surface area contributed by atoms with Crippen molar-refractivity contribution in [2.75, 3.05) is 0 Å². The molecule has 0 spiro atoms. The van der Waals surface area contributed by atoms with Gasteiger partial charge >= 0.3 is 0 Å². The smallest absolute Gasteiger partial charge is 0.142 e. The molecule has 3 nitrogen and oxygen atoms in total. The number of aryl methyl sites for hydroxylation is 1. The van der Waals surface area contributed by atoms with Crippen LogP contribution in [0.3, 0.4) is 0 Å². The van der Waals surface area contributed by atoms with E-state index in [0.29, 0.717) is 5.82 Å². The van der Waals surface area contributed by atoms with Crippen LogP contribution in [0.4, 0.5) is 0 Å². The van der Waals surface area contributed by atoms with Crippen molar-refractivity contribution in [2.24, 2.45) is 7.05 Å². The Morgan fingerprint density at radius 3 is 2.53 bits per heavy atom. The van der Waals surface area contributed by atoms with Crippen LogP contribution >= 0.6 is 15.9 Å². The van der Waals surface area contributed by atoms with Gasteiger partial charge in [-0.2, -0.15) is 0 Å². The molecule has 1 aromatic carbocycles. The maximum atomic E-state index is 10.1. The van der Waals surface area contributed by atoms with Gasteiger partial charge in [-0.25, -0.2) is 4.98 Å². The summed E-state index contributed by atoms with van der Waals surface area (Å²) in [6.45, 7) is 0. The summed E-state index contributed by atoms with van der Waals surface area (Å²) >= 11 is 3.36. The summed E-state index contributed by atoms with van der Waals surface area (Å²) in [5.74, 6) is 0.650. The van der Waals surface area contributed by atoms with Crippen LogP contribution in [0, 0.1) is 0 Å². The quantitative estimate of drug-likeness (QED) is 0.906. The molecule has 0 saturated heterocycles. The zero-order chi connectivity index (χ0) is 10.8. The Hall–Kier alpha value is -1.13. The van der Waals surface area contributed by atoms with E-state index in [1.807, 2.05) is 42.1 Å². The van der Waals surface area contributed by atoms with E-state index in [2.05, 4.69) is 20.9 Å². The molecule has 0 aliphatic heterocycles. The highest BCUT2D eigenvalue weighted by Gasteiger charge is 2.14. The summed E-state index contributed by atoms with van der Waals surface area (Å²) in [6.07, 6.45) is 2.83. The summed E-state index contributed by atoms with van der Waals surface area (Å²) in [5.41, 5.74) is 0.840. The third-order valence-electron chi connectivity index (χ3n) is 2.29. The fourth-order valence-corrected chi connectivity index (χ4v) is 1.70. The van der Waals surface area contributed by atoms with E-state index in [-0.39, 0.29) is 0 Å². The normalized spacial score (nSPS) is 12.7. The fraction of sp³-hybridized carbons (Fsp3) is 0.182. The Kier molecular flexibility index (Phi) is 2.88. The minimum Gasteiger partial charge on any atom is -0.380 e. The molecule has 15 heavy (non-hydrogen) atoms. The highest BCUT2D eigenvalue weighted by Crippen LogP contribution is 2.21. The number of hydrogen-bond acceptors (Lipinski definition) is 2. The Morgan fingerprint density at radius 1 is 1.33 bits per heavy atom. The van der Waals surface area contributed by atoms with Crippen molar-refractivity contribution in [1.29, 1.82) is 0 Å². The van der Waals surface area contributed by atoms with Crippen LogP contribution in [-0.2, 0) is 7.05 Å². The van der Waals surface area contributed by atoms with Crippen LogP contribution in [0.5, 0.6) is 0 Å². The van der Waals surface area contributed by atoms with Crippen molar-refractivity contribution in [1.82, 2.24) is 9.55 Å². The number of aromatic nitrogens is 2. The van der Waals surface area contributed by atoms with Crippen LogP contribution in [0.1, 0.15) is 17.5 Å². The summed E-state index contributed by atoms with van der Waals surface area (Å²) < 4.78 is 2.81. The van der Waals surface area contributed by atoms with Crippen LogP contribution in [0.2, 0.25) is 0 Å². The van der Waals surface area contributed by atoms with Crippen molar-refractivity contribution in [3.63, 3.8) is 0 Å². The Bertz CT molecular complexity index is 450. The first kappa shape index (κ1) is 10.4. The van der Waals surface area contributed by atoms with Crippen LogP contribution in [0.25, 0.3) is 0 Å². The first-order valence-corrected chi connectivity index (χ1v) is 5.38. The van der Waals surface area contributed by atoms with Gasteiger partial charge in [0.2, 0.25) is 0 Å². The summed E-state index contributed by atoms with van der Waals surface area (Å²) in [4.78, 5) is 4.12. The number of rotatable bonds is 2. The minimum atomic E-state index is -0.668. The zero-order valence-corrected chi connectivity index (χ0v) is 9.85. The molecule has 0 aliphatic rings. The van der Waals surface area contributed by atoms with Gasteiger partial charge < -0.3 is 9.67 Å². The molecule has 0 radical (unpaired) electrons. The van der Waals surface area contributed by atoms with Crippen LogP contribution in [-0.4, -0.2) is 14.7 Å². The lowest BCUT2D eigenvalue weighted by molar-refractivity contribution is 0.206. The third kappa shape index (κ3) is 2.11. The summed E-state index contributed by atoms with van der Waals surface area (Å²) in [7, 11) is 1.87.